The minimum atomic E-state index is 0.636. The maximum atomic E-state index is 8.83. The van der Waals surface area contributed by atoms with Gasteiger partial charge in [-0.15, -0.1) is 0 Å². The Bertz CT molecular complexity index is 785. The van der Waals surface area contributed by atoms with Crippen LogP contribution in [-0.2, 0) is 0 Å². The predicted molar refractivity (Wildman–Crippen MR) is 72.2 cm³/mol. The summed E-state index contributed by atoms with van der Waals surface area (Å²) in [5, 5.41) is 9.74. The maximum absolute atomic E-state index is 8.83. The number of hydrogen-bond donors (Lipinski definition) is 0. The van der Waals surface area contributed by atoms with E-state index >= 15 is 0 Å². The second-order valence-corrected chi connectivity index (χ2v) is 4.18. The fraction of sp³-hybridized carbons (Fsp3) is 0.0667. The molecule has 2 heterocycles. The average Bonchev–Trinajstić information content (AvgIpc) is 2.46. The molecule has 0 aliphatic rings. The monoisotopic (exact) mass is 246 g/mol. The summed E-state index contributed by atoms with van der Waals surface area (Å²) in [7, 11) is 0. The van der Waals surface area contributed by atoms with E-state index in [1.165, 1.54) is 0 Å². The molecule has 4 heteroatoms. The van der Waals surface area contributed by atoms with Crippen LogP contribution in [0.4, 0.5) is 0 Å². The van der Waals surface area contributed by atoms with Crippen molar-refractivity contribution < 1.29 is 0 Å². The molecule has 90 valence electrons. The molecule has 0 N–H and O–H groups in total. The van der Waals surface area contributed by atoms with E-state index in [1.54, 1.807) is 18.3 Å². The Balaban J connectivity index is 2.26. The van der Waals surface area contributed by atoms with Crippen LogP contribution in [0.1, 0.15) is 11.4 Å². The summed E-state index contributed by atoms with van der Waals surface area (Å²) in [5.41, 5.74) is 3.13. The molecule has 0 amide bonds. The van der Waals surface area contributed by atoms with Crippen molar-refractivity contribution in [1.82, 2.24) is 15.0 Å². The quantitative estimate of drug-likeness (QED) is 0.662. The van der Waals surface area contributed by atoms with Crippen molar-refractivity contribution in [1.29, 1.82) is 5.26 Å². The van der Waals surface area contributed by atoms with E-state index in [1.807, 2.05) is 31.2 Å². The third kappa shape index (κ3) is 2.02. The Morgan fingerprint density at radius 2 is 1.84 bits per heavy atom. The third-order valence-corrected chi connectivity index (χ3v) is 2.87. The van der Waals surface area contributed by atoms with Gasteiger partial charge in [-0.3, -0.25) is 0 Å². The predicted octanol–water partition coefficient (Wildman–Crippen LogP) is 2.87. The SMILES string of the molecule is Cc1nc(-c2ccc(C#N)cc2)c2cccnc2n1. The number of aryl methyl sites for hydroxylation is 1. The van der Waals surface area contributed by atoms with E-state index in [-0.39, 0.29) is 0 Å². The smallest absolute Gasteiger partial charge is 0.163 e. The molecular formula is C15H10N4. The van der Waals surface area contributed by atoms with E-state index < -0.39 is 0 Å². The van der Waals surface area contributed by atoms with E-state index in [0.29, 0.717) is 17.0 Å². The molecular weight excluding hydrogens is 236 g/mol. The molecule has 0 saturated heterocycles. The van der Waals surface area contributed by atoms with Crippen LogP contribution >= 0.6 is 0 Å². The number of hydrogen-bond acceptors (Lipinski definition) is 4. The third-order valence-electron chi connectivity index (χ3n) is 2.87. The van der Waals surface area contributed by atoms with Crippen molar-refractivity contribution in [2.45, 2.75) is 6.92 Å². The number of fused-ring (bicyclic) bond motifs is 1. The molecule has 0 fully saturated rings. The van der Waals surface area contributed by atoms with Gasteiger partial charge in [0.05, 0.1) is 17.3 Å². The lowest BCUT2D eigenvalue weighted by atomic mass is 10.1. The summed E-state index contributed by atoms with van der Waals surface area (Å²) in [6.45, 7) is 1.85. The second-order valence-electron chi connectivity index (χ2n) is 4.18. The first-order valence-corrected chi connectivity index (χ1v) is 5.88. The van der Waals surface area contributed by atoms with Gasteiger partial charge in [-0.25, -0.2) is 15.0 Å². The van der Waals surface area contributed by atoms with Gasteiger partial charge in [0.2, 0.25) is 0 Å². The van der Waals surface area contributed by atoms with Gasteiger partial charge in [0.25, 0.3) is 0 Å². The van der Waals surface area contributed by atoms with Gasteiger partial charge in [0.15, 0.2) is 5.65 Å². The molecule has 19 heavy (non-hydrogen) atoms. The zero-order chi connectivity index (χ0) is 13.2. The Morgan fingerprint density at radius 1 is 1.05 bits per heavy atom. The first-order valence-electron chi connectivity index (χ1n) is 5.88. The van der Waals surface area contributed by atoms with Crippen molar-refractivity contribution in [2.24, 2.45) is 0 Å². The van der Waals surface area contributed by atoms with Gasteiger partial charge < -0.3 is 0 Å². The van der Waals surface area contributed by atoms with Crippen molar-refractivity contribution in [3.8, 4) is 17.3 Å². The van der Waals surface area contributed by atoms with Crippen molar-refractivity contribution >= 4 is 11.0 Å². The van der Waals surface area contributed by atoms with Gasteiger partial charge in [-0.05, 0) is 31.2 Å². The molecule has 0 bridgehead atoms. The number of nitriles is 1. The Kier molecular flexibility index (Phi) is 2.66. The lowest BCUT2D eigenvalue weighted by Gasteiger charge is -2.06. The summed E-state index contributed by atoms with van der Waals surface area (Å²) < 4.78 is 0. The Hall–Kier alpha value is -2.80. The first kappa shape index (κ1) is 11.3. The molecule has 2 aromatic heterocycles. The molecule has 0 spiro atoms. The summed E-state index contributed by atoms with van der Waals surface area (Å²) in [4.78, 5) is 13.1. The number of rotatable bonds is 1. The highest BCUT2D eigenvalue weighted by molar-refractivity contribution is 5.90. The molecule has 0 saturated carbocycles. The number of benzene rings is 1. The summed E-state index contributed by atoms with van der Waals surface area (Å²) in [5.74, 6) is 0.686. The average molecular weight is 246 g/mol. The van der Waals surface area contributed by atoms with Crippen molar-refractivity contribution in [3.05, 3.63) is 54.0 Å². The Labute approximate surface area is 110 Å². The van der Waals surface area contributed by atoms with Gasteiger partial charge in [0, 0.05) is 17.1 Å². The minimum Gasteiger partial charge on any atom is -0.237 e. The highest BCUT2D eigenvalue weighted by atomic mass is 14.9. The molecule has 3 rings (SSSR count). The van der Waals surface area contributed by atoms with Gasteiger partial charge in [-0.1, -0.05) is 12.1 Å². The van der Waals surface area contributed by atoms with E-state index in [9.17, 15) is 0 Å². The number of pyridine rings is 1. The highest BCUT2D eigenvalue weighted by Gasteiger charge is 2.08. The maximum Gasteiger partial charge on any atom is 0.163 e. The van der Waals surface area contributed by atoms with Crippen LogP contribution in [-0.4, -0.2) is 15.0 Å². The van der Waals surface area contributed by atoms with Crippen molar-refractivity contribution in [2.75, 3.05) is 0 Å². The van der Waals surface area contributed by atoms with Gasteiger partial charge in [-0.2, -0.15) is 5.26 Å². The molecule has 0 aliphatic carbocycles. The van der Waals surface area contributed by atoms with E-state index in [4.69, 9.17) is 5.26 Å². The molecule has 4 nitrogen and oxygen atoms in total. The lowest BCUT2D eigenvalue weighted by molar-refractivity contribution is 1.08. The van der Waals surface area contributed by atoms with E-state index in [0.717, 1.165) is 16.6 Å². The fourth-order valence-electron chi connectivity index (χ4n) is 1.99. The lowest BCUT2D eigenvalue weighted by Crippen LogP contribution is -1.95. The zero-order valence-electron chi connectivity index (χ0n) is 10.3. The highest BCUT2D eigenvalue weighted by Crippen LogP contribution is 2.25. The fourth-order valence-corrected chi connectivity index (χ4v) is 1.99. The van der Waals surface area contributed by atoms with Crippen LogP contribution < -0.4 is 0 Å². The summed E-state index contributed by atoms with van der Waals surface area (Å²) in [6, 6.07) is 13.3. The van der Waals surface area contributed by atoms with Crippen LogP contribution in [0.3, 0.4) is 0 Å². The molecule has 0 aliphatic heterocycles. The number of nitrogens with zero attached hydrogens (tertiary/aromatic N) is 4. The largest absolute Gasteiger partial charge is 0.237 e. The standard InChI is InChI=1S/C15H10N4/c1-10-18-14(12-6-4-11(9-16)5-7-12)13-3-2-8-17-15(13)19-10/h2-8H,1H3. The molecule has 0 atom stereocenters. The molecule has 0 unspecified atom stereocenters. The molecule has 3 aromatic rings. The first-order chi connectivity index (χ1) is 9.28. The van der Waals surface area contributed by atoms with Crippen LogP contribution in [0.15, 0.2) is 42.6 Å². The molecule has 1 aromatic carbocycles. The van der Waals surface area contributed by atoms with E-state index in [2.05, 4.69) is 21.0 Å². The summed E-state index contributed by atoms with van der Waals surface area (Å²) >= 11 is 0. The van der Waals surface area contributed by atoms with Gasteiger partial charge >= 0.3 is 0 Å². The van der Waals surface area contributed by atoms with Gasteiger partial charge in [0.1, 0.15) is 5.82 Å². The van der Waals surface area contributed by atoms with Crippen LogP contribution in [0.5, 0.6) is 0 Å². The van der Waals surface area contributed by atoms with Crippen LogP contribution in [0, 0.1) is 18.3 Å². The van der Waals surface area contributed by atoms with Crippen molar-refractivity contribution in [3.63, 3.8) is 0 Å². The van der Waals surface area contributed by atoms with Crippen LogP contribution in [0.2, 0.25) is 0 Å². The van der Waals surface area contributed by atoms with Crippen LogP contribution in [0.25, 0.3) is 22.3 Å². The Morgan fingerprint density at radius 3 is 2.58 bits per heavy atom. The zero-order valence-corrected chi connectivity index (χ0v) is 10.3. The summed E-state index contributed by atoms with van der Waals surface area (Å²) in [6.07, 6.45) is 1.72. The molecule has 0 radical (unpaired) electrons. The minimum absolute atomic E-state index is 0.636. The normalized spacial score (nSPS) is 10.3. The topological polar surface area (TPSA) is 62.5 Å². The number of aromatic nitrogens is 3. The second kappa shape index (κ2) is 4.46.